The summed E-state index contributed by atoms with van der Waals surface area (Å²) in [5.74, 6) is 0.745. The molecule has 0 aromatic rings. The Morgan fingerprint density at radius 1 is 1.29 bits per heavy atom. The third-order valence-corrected chi connectivity index (χ3v) is 5.72. The zero-order valence-corrected chi connectivity index (χ0v) is 12.6. The van der Waals surface area contributed by atoms with E-state index in [2.05, 4.69) is 6.92 Å². The van der Waals surface area contributed by atoms with Crippen LogP contribution in [-0.2, 0) is 14.2 Å². The maximum Gasteiger partial charge on any atom is 0.0845 e. The first-order chi connectivity index (χ1) is 8.35. The number of ether oxygens (including phenoxy) is 3. The van der Waals surface area contributed by atoms with E-state index in [9.17, 15) is 0 Å². The number of methoxy groups -OCH3 is 1. The minimum Gasteiger partial charge on any atom is -0.382 e. The van der Waals surface area contributed by atoms with Crippen molar-refractivity contribution in [1.29, 1.82) is 0 Å². The SMILES string of the molecule is CC[SiH2]CC(OCCOC)C1CCC2OC2C1. The van der Waals surface area contributed by atoms with Crippen LogP contribution in [0.4, 0.5) is 0 Å². The molecule has 4 unspecified atom stereocenters. The summed E-state index contributed by atoms with van der Waals surface area (Å²) in [5, 5.41) is 0. The first kappa shape index (κ1) is 13.5. The van der Waals surface area contributed by atoms with E-state index in [1.165, 1.54) is 31.4 Å². The van der Waals surface area contributed by atoms with Crippen LogP contribution in [0.25, 0.3) is 0 Å². The summed E-state index contributed by atoms with van der Waals surface area (Å²) in [6.45, 7) is 3.78. The van der Waals surface area contributed by atoms with Gasteiger partial charge >= 0.3 is 0 Å². The van der Waals surface area contributed by atoms with Gasteiger partial charge in [-0.1, -0.05) is 13.0 Å². The normalized spacial score (nSPS) is 33.9. The number of hydrogen-bond donors (Lipinski definition) is 0. The lowest BCUT2D eigenvalue weighted by atomic mass is 9.86. The highest BCUT2D eigenvalue weighted by Gasteiger charge is 2.45. The predicted octanol–water partition coefficient (Wildman–Crippen LogP) is 1.61. The van der Waals surface area contributed by atoms with Crippen LogP contribution < -0.4 is 0 Å². The van der Waals surface area contributed by atoms with Crippen molar-refractivity contribution < 1.29 is 14.2 Å². The molecule has 0 radical (unpaired) electrons. The third kappa shape index (κ3) is 4.05. The van der Waals surface area contributed by atoms with Crippen LogP contribution >= 0.6 is 0 Å². The molecule has 1 aliphatic carbocycles. The molecule has 0 amide bonds. The average Bonchev–Trinajstić information content (AvgIpc) is 3.11. The molecule has 4 atom stereocenters. The van der Waals surface area contributed by atoms with Crippen molar-refractivity contribution in [3.63, 3.8) is 0 Å². The van der Waals surface area contributed by atoms with E-state index in [0.29, 0.717) is 18.3 Å². The molecule has 0 N–H and O–H groups in total. The molecule has 2 aliphatic rings. The molecular weight excluding hydrogens is 232 g/mol. The fraction of sp³-hybridized carbons (Fsp3) is 1.00. The first-order valence-electron chi connectivity index (χ1n) is 7.11. The zero-order chi connectivity index (χ0) is 12.1. The Bertz CT molecular complexity index is 225. The van der Waals surface area contributed by atoms with Crippen molar-refractivity contribution in [1.82, 2.24) is 0 Å². The molecule has 2 fully saturated rings. The van der Waals surface area contributed by atoms with Crippen LogP contribution in [0.3, 0.4) is 0 Å². The lowest BCUT2D eigenvalue weighted by Gasteiger charge is -2.28. The summed E-state index contributed by atoms with van der Waals surface area (Å²) in [7, 11) is 1.82. The quantitative estimate of drug-likeness (QED) is 0.376. The molecule has 1 saturated carbocycles. The van der Waals surface area contributed by atoms with Crippen LogP contribution in [0.5, 0.6) is 0 Å². The molecule has 0 spiro atoms. The van der Waals surface area contributed by atoms with Crippen LogP contribution in [0.15, 0.2) is 0 Å². The van der Waals surface area contributed by atoms with Gasteiger partial charge in [-0.2, -0.15) is 0 Å². The van der Waals surface area contributed by atoms with Gasteiger partial charge in [0.2, 0.25) is 0 Å². The second-order valence-electron chi connectivity index (χ2n) is 5.33. The van der Waals surface area contributed by atoms with Crippen molar-refractivity contribution in [3.05, 3.63) is 0 Å². The Morgan fingerprint density at radius 3 is 2.88 bits per heavy atom. The average molecular weight is 258 g/mol. The standard InChI is InChI=1S/C13H26O3Si/c1-3-17-9-13(15-7-6-14-2)10-4-5-11-12(8-10)16-11/h10-13H,3-9,17H2,1-2H3. The fourth-order valence-electron chi connectivity index (χ4n) is 2.92. The molecule has 17 heavy (non-hydrogen) atoms. The van der Waals surface area contributed by atoms with Crippen LogP contribution in [0.2, 0.25) is 12.1 Å². The number of epoxide rings is 1. The van der Waals surface area contributed by atoms with Gasteiger partial charge in [-0.05, 0) is 31.2 Å². The third-order valence-electron chi connectivity index (χ3n) is 4.03. The zero-order valence-electron chi connectivity index (χ0n) is 11.2. The van der Waals surface area contributed by atoms with Gasteiger partial charge in [0.15, 0.2) is 0 Å². The molecule has 2 rings (SSSR count). The molecule has 100 valence electrons. The van der Waals surface area contributed by atoms with Crippen molar-refractivity contribution in [2.24, 2.45) is 5.92 Å². The molecular formula is C13H26O3Si. The molecule has 0 aromatic heterocycles. The summed E-state index contributed by atoms with van der Waals surface area (Å²) in [6.07, 6.45) is 5.46. The van der Waals surface area contributed by atoms with Gasteiger partial charge in [0.1, 0.15) is 0 Å². The van der Waals surface area contributed by atoms with E-state index in [1.54, 1.807) is 7.11 Å². The second-order valence-corrected chi connectivity index (χ2v) is 7.61. The Labute approximate surface area is 107 Å². The molecule has 1 aliphatic heterocycles. The molecule has 4 heteroatoms. The van der Waals surface area contributed by atoms with Crippen LogP contribution in [0, 0.1) is 5.92 Å². The van der Waals surface area contributed by atoms with Gasteiger partial charge in [-0.3, -0.25) is 0 Å². The Hall–Kier alpha value is 0.0969. The van der Waals surface area contributed by atoms with Gasteiger partial charge < -0.3 is 14.2 Å². The van der Waals surface area contributed by atoms with E-state index < -0.39 is 0 Å². The maximum atomic E-state index is 6.05. The van der Waals surface area contributed by atoms with Crippen LogP contribution in [0.1, 0.15) is 26.2 Å². The van der Waals surface area contributed by atoms with Crippen molar-refractivity contribution in [2.45, 2.75) is 56.6 Å². The van der Waals surface area contributed by atoms with Gasteiger partial charge in [0.25, 0.3) is 0 Å². The second kappa shape index (κ2) is 6.88. The first-order valence-corrected chi connectivity index (χ1v) is 9.11. The Morgan fingerprint density at radius 2 is 2.18 bits per heavy atom. The highest BCUT2D eigenvalue weighted by atomic mass is 28.2. The van der Waals surface area contributed by atoms with E-state index in [4.69, 9.17) is 14.2 Å². The summed E-state index contributed by atoms with van der Waals surface area (Å²) in [4.78, 5) is 0. The van der Waals surface area contributed by atoms with Crippen molar-refractivity contribution in [2.75, 3.05) is 20.3 Å². The smallest absolute Gasteiger partial charge is 0.0845 e. The number of fused-ring (bicyclic) bond motifs is 1. The largest absolute Gasteiger partial charge is 0.382 e. The monoisotopic (exact) mass is 258 g/mol. The lowest BCUT2D eigenvalue weighted by Crippen LogP contribution is -2.30. The minimum atomic E-state index is 0.0851. The van der Waals surface area contributed by atoms with E-state index in [0.717, 1.165) is 19.1 Å². The van der Waals surface area contributed by atoms with Gasteiger partial charge in [-0.25, -0.2) is 0 Å². The Kier molecular flexibility index (Phi) is 5.47. The molecule has 0 bridgehead atoms. The Balaban J connectivity index is 1.75. The van der Waals surface area contributed by atoms with E-state index >= 15 is 0 Å². The molecule has 1 heterocycles. The van der Waals surface area contributed by atoms with Crippen LogP contribution in [-0.4, -0.2) is 48.2 Å². The van der Waals surface area contributed by atoms with E-state index in [-0.39, 0.29) is 9.52 Å². The summed E-state index contributed by atoms with van der Waals surface area (Å²) < 4.78 is 16.7. The number of rotatable bonds is 8. The minimum absolute atomic E-state index is 0.0851. The van der Waals surface area contributed by atoms with E-state index in [1.807, 2.05) is 0 Å². The topological polar surface area (TPSA) is 31.0 Å². The fourth-order valence-corrected chi connectivity index (χ4v) is 4.36. The van der Waals surface area contributed by atoms with Gasteiger partial charge in [-0.15, -0.1) is 0 Å². The molecule has 3 nitrogen and oxygen atoms in total. The highest BCUT2D eigenvalue weighted by molar-refractivity contribution is 6.35. The van der Waals surface area contributed by atoms with Crippen molar-refractivity contribution >= 4 is 9.52 Å². The summed E-state index contributed by atoms with van der Waals surface area (Å²) in [5.41, 5.74) is 0. The summed E-state index contributed by atoms with van der Waals surface area (Å²) >= 11 is 0. The maximum absolute atomic E-state index is 6.05. The predicted molar refractivity (Wildman–Crippen MR) is 71.5 cm³/mol. The number of hydrogen-bond acceptors (Lipinski definition) is 3. The van der Waals surface area contributed by atoms with Gasteiger partial charge in [0.05, 0.1) is 31.5 Å². The highest BCUT2D eigenvalue weighted by Crippen LogP contribution is 2.41. The summed E-state index contributed by atoms with van der Waals surface area (Å²) in [6, 6.07) is 2.72. The molecule has 0 aromatic carbocycles. The van der Waals surface area contributed by atoms with Gasteiger partial charge in [0, 0.05) is 16.6 Å². The van der Waals surface area contributed by atoms with Crippen molar-refractivity contribution in [3.8, 4) is 0 Å². The molecule has 1 saturated heterocycles. The lowest BCUT2D eigenvalue weighted by molar-refractivity contribution is -0.00988.